The Labute approximate surface area is 125 Å². The summed E-state index contributed by atoms with van der Waals surface area (Å²) in [6, 6.07) is 4.50. The first kappa shape index (κ1) is 16.5. The average Bonchev–Trinajstić information content (AvgIpc) is 3.10. The zero-order valence-electron chi connectivity index (χ0n) is 11.4. The van der Waals surface area contributed by atoms with Crippen LogP contribution in [0, 0.1) is 12.8 Å². The molecule has 108 valence electrons. The minimum Gasteiger partial charge on any atom is -0.352 e. The summed E-state index contributed by atoms with van der Waals surface area (Å²) in [5.74, 6) is 0.796. The minimum atomic E-state index is 0. The summed E-state index contributed by atoms with van der Waals surface area (Å²) >= 11 is 1.82. The van der Waals surface area contributed by atoms with Crippen molar-refractivity contribution in [3.63, 3.8) is 0 Å². The lowest BCUT2D eigenvalue weighted by atomic mass is 10.1. The number of rotatable bonds is 7. The molecule has 1 aliphatic rings. The van der Waals surface area contributed by atoms with Gasteiger partial charge in [0.05, 0.1) is 0 Å². The summed E-state index contributed by atoms with van der Waals surface area (Å²) in [6.07, 6.45) is 4.98. The standard InChI is InChI=1S/C14H22N2OS.ClH/c1-10-5-8-12(18-10)3-2-4-14(17)16-13(9-15)11-6-7-11;/h5,8,11,13H,2-4,6-7,9,15H2,1H3,(H,16,17);1H. The fourth-order valence-corrected chi connectivity index (χ4v) is 3.12. The van der Waals surface area contributed by atoms with Gasteiger partial charge in [0.25, 0.3) is 0 Å². The highest BCUT2D eigenvalue weighted by Crippen LogP contribution is 2.32. The molecule has 0 saturated heterocycles. The molecule has 3 N–H and O–H groups in total. The van der Waals surface area contributed by atoms with Crippen LogP contribution in [-0.2, 0) is 11.2 Å². The van der Waals surface area contributed by atoms with Gasteiger partial charge in [0.1, 0.15) is 0 Å². The van der Waals surface area contributed by atoms with Crippen molar-refractivity contribution in [2.45, 2.75) is 45.1 Å². The van der Waals surface area contributed by atoms with Crippen molar-refractivity contribution in [1.82, 2.24) is 5.32 Å². The number of halogens is 1. The maximum atomic E-state index is 11.8. The maximum Gasteiger partial charge on any atom is 0.220 e. The van der Waals surface area contributed by atoms with Gasteiger partial charge in [-0.1, -0.05) is 0 Å². The highest BCUT2D eigenvalue weighted by Gasteiger charge is 2.30. The van der Waals surface area contributed by atoms with Gasteiger partial charge in [0, 0.05) is 28.8 Å². The first-order valence-corrected chi connectivity index (χ1v) is 7.55. The van der Waals surface area contributed by atoms with Crippen LogP contribution in [0.4, 0.5) is 0 Å². The van der Waals surface area contributed by atoms with Crippen LogP contribution < -0.4 is 11.1 Å². The molecule has 0 aliphatic heterocycles. The van der Waals surface area contributed by atoms with Gasteiger partial charge in [0.15, 0.2) is 0 Å². The van der Waals surface area contributed by atoms with Crippen LogP contribution >= 0.6 is 23.7 Å². The molecular weight excluding hydrogens is 280 g/mol. The van der Waals surface area contributed by atoms with Crippen molar-refractivity contribution in [1.29, 1.82) is 0 Å². The number of nitrogens with two attached hydrogens (primary N) is 1. The molecule has 1 atom stereocenters. The topological polar surface area (TPSA) is 55.1 Å². The van der Waals surface area contributed by atoms with Crippen molar-refractivity contribution >= 4 is 29.7 Å². The first-order chi connectivity index (χ1) is 8.69. The van der Waals surface area contributed by atoms with Crippen molar-refractivity contribution in [2.75, 3.05) is 6.54 Å². The van der Waals surface area contributed by atoms with Crippen LogP contribution in [0.2, 0.25) is 0 Å². The van der Waals surface area contributed by atoms with E-state index in [0.29, 0.717) is 18.9 Å². The van der Waals surface area contributed by atoms with Gasteiger partial charge in [-0.05, 0) is 50.7 Å². The summed E-state index contributed by atoms with van der Waals surface area (Å²) in [6.45, 7) is 2.68. The van der Waals surface area contributed by atoms with Gasteiger partial charge in [-0.2, -0.15) is 0 Å². The van der Waals surface area contributed by atoms with Gasteiger partial charge in [-0.25, -0.2) is 0 Å². The third kappa shape index (κ3) is 5.51. The van der Waals surface area contributed by atoms with E-state index in [1.807, 2.05) is 11.3 Å². The van der Waals surface area contributed by atoms with E-state index in [4.69, 9.17) is 5.73 Å². The zero-order chi connectivity index (χ0) is 13.0. The number of amides is 1. The first-order valence-electron chi connectivity index (χ1n) is 6.74. The Hall–Kier alpha value is -0.580. The number of aryl methyl sites for hydroxylation is 2. The molecule has 5 heteroatoms. The number of carbonyl (C=O) groups is 1. The van der Waals surface area contributed by atoms with Crippen molar-refractivity contribution < 1.29 is 4.79 Å². The second kappa shape index (κ2) is 7.88. The van der Waals surface area contributed by atoms with E-state index in [2.05, 4.69) is 24.4 Å². The summed E-state index contributed by atoms with van der Waals surface area (Å²) in [5, 5.41) is 3.06. The van der Waals surface area contributed by atoms with Gasteiger partial charge >= 0.3 is 0 Å². The highest BCUT2D eigenvalue weighted by atomic mass is 35.5. The molecule has 1 aromatic heterocycles. The van der Waals surface area contributed by atoms with E-state index in [1.165, 1.54) is 22.6 Å². The second-order valence-electron chi connectivity index (χ2n) is 5.11. The molecule has 0 radical (unpaired) electrons. The molecule has 0 spiro atoms. The summed E-state index contributed by atoms with van der Waals surface area (Å²) < 4.78 is 0. The van der Waals surface area contributed by atoms with Crippen LogP contribution in [-0.4, -0.2) is 18.5 Å². The lowest BCUT2D eigenvalue weighted by molar-refractivity contribution is -0.122. The molecule has 0 bridgehead atoms. The SMILES string of the molecule is Cc1ccc(CCCC(=O)NC(CN)C2CC2)s1.Cl. The molecule has 19 heavy (non-hydrogen) atoms. The van der Waals surface area contributed by atoms with Gasteiger partial charge in [-0.3, -0.25) is 4.79 Å². The third-order valence-corrected chi connectivity index (χ3v) is 4.47. The van der Waals surface area contributed by atoms with E-state index in [1.54, 1.807) is 0 Å². The predicted molar refractivity (Wildman–Crippen MR) is 83.0 cm³/mol. The van der Waals surface area contributed by atoms with E-state index in [-0.39, 0.29) is 24.4 Å². The Bertz CT molecular complexity index is 404. The smallest absolute Gasteiger partial charge is 0.220 e. The number of hydrogen-bond donors (Lipinski definition) is 2. The van der Waals surface area contributed by atoms with Crippen molar-refractivity contribution in [2.24, 2.45) is 11.7 Å². The van der Waals surface area contributed by atoms with Crippen LogP contribution in [0.5, 0.6) is 0 Å². The fourth-order valence-electron chi connectivity index (χ4n) is 2.19. The van der Waals surface area contributed by atoms with Crippen LogP contribution in [0.15, 0.2) is 12.1 Å². The molecule has 1 amide bonds. The monoisotopic (exact) mass is 302 g/mol. The van der Waals surface area contributed by atoms with Gasteiger partial charge in [0.2, 0.25) is 5.91 Å². The second-order valence-corrected chi connectivity index (χ2v) is 6.49. The average molecular weight is 303 g/mol. The predicted octanol–water partition coefficient (Wildman–Crippen LogP) is 2.65. The molecule has 3 nitrogen and oxygen atoms in total. The van der Waals surface area contributed by atoms with E-state index >= 15 is 0 Å². The zero-order valence-corrected chi connectivity index (χ0v) is 13.0. The highest BCUT2D eigenvalue weighted by molar-refractivity contribution is 7.11. The van der Waals surface area contributed by atoms with E-state index in [0.717, 1.165) is 12.8 Å². The summed E-state index contributed by atoms with van der Waals surface area (Å²) in [7, 11) is 0. The number of thiophene rings is 1. The number of carbonyl (C=O) groups excluding carboxylic acids is 1. The Morgan fingerprint density at radius 1 is 1.53 bits per heavy atom. The summed E-state index contributed by atoms with van der Waals surface area (Å²) in [5.41, 5.74) is 5.67. The molecule has 1 fully saturated rings. The molecule has 1 heterocycles. The van der Waals surface area contributed by atoms with Crippen LogP contribution in [0.25, 0.3) is 0 Å². The molecule has 1 unspecified atom stereocenters. The van der Waals surface area contributed by atoms with E-state index < -0.39 is 0 Å². The van der Waals surface area contributed by atoms with Crippen molar-refractivity contribution in [3.8, 4) is 0 Å². The Morgan fingerprint density at radius 2 is 2.26 bits per heavy atom. The van der Waals surface area contributed by atoms with Gasteiger partial charge < -0.3 is 11.1 Å². The molecule has 1 aromatic rings. The Kier molecular flexibility index (Phi) is 6.83. The van der Waals surface area contributed by atoms with Crippen LogP contribution in [0.1, 0.15) is 35.4 Å². The fraction of sp³-hybridized carbons (Fsp3) is 0.643. The Morgan fingerprint density at radius 3 is 2.79 bits per heavy atom. The Balaban J connectivity index is 0.00000180. The van der Waals surface area contributed by atoms with Crippen molar-refractivity contribution in [3.05, 3.63) is 21.9 Å². The minimum absolute atomic E-state index is 0. The molecule has 2 rings (SSSR count). The van der Waals surface area contributed by atoms with Crippen LogP contribution in [0.3, 0.4) is 0 Å². The molecule has 0 aromatic carbocycles. The lowest BCUT2D eigenvalue weighted by Crippen LogP contribution is -2.41. The van der Waals surface area contributed by atoms with E-state index in [9.17, 15) is 4.79 Å². The maximum absolute atomic E-state index is 11.8. The largest absolute Gasteiger partial charge is 0.352 e. The normalized spacial score (nSPS) is 15.7. The molecule has 1 aliphatic carbocycles. The van der Waals surface area contributed by atoms with Gasteiger partial charge in [-0.15, -0.1) is 23.7 Å². The summed E-state index contributed by atoms with van der Waals surface area (Å²) in [4.78, 5) is 14.5. The number of nitrogens with one attached hydrogen (secondary N) is 1. The number of hydrogen-bond acceptors (Lipinski definition) is 3. The lowest BCUT2D eigenvalue weighted by Gasteiger charge is -2.15. The molecule has 1 saturated carbocycles. The quantitative estimate of drug-likeness (QED) is 0.813. The molecular formula is C14H23ClN2OS. The third-order valence-electron chi connectivity index (χ3n) is 3.41.